The van der Waals surface area contributed by atoms with Crippen molar-refractivity contribution in [2.45, 2.75) is 36.7 Å². The predicted molar refractivity (Wildman–Crippen MR) is 170 cm³/mol. The van der Waals surface area contributed by atoms with Gasteiger partial charge < -0.3 is 20.3 Å². The number of carbonyl (C=O) groups excluding carboxylic acids is 1. The molecule has 1 amide bonds. The molecule has 0 saturated carbocycles. The van der Waals surface area contributed by atoms with Gasteiger partial charge in [0.25, 0.3) is 5.91 Å². The van der Waals surface area contributed by atoms with Crippen LogP contribution in [-0.4, -0.2) is 55.4 Å². The first-order valence-corrected chi connectivity index (χ1v) is 16.1. The Labute approximate surface area is 268 Å². The van der Waals surface area contributed by atoms with Gasteiger partial charge in [0.2, 0.25) is 15.5 Å². The second kappa shape index (κ2) is 14.6. The number of sulfonamides is 1. The number of aliphatic carboxylic acids is 1. The third-order valence-corrected chi connectivity index (χ3v) is 8.98. The van der Waals surface area contributed by atoms with Crippen LogP contribution in [0.5, 0.6) is 0 Å². The summed E-state index contributed by atoms with van der Waals surface area (Å²) < 4.78 is 60.2. The van der Waals surface area contributed by atoms with Crippen LogP contribution in [0.2, 0.25) is 0 Å². The SMILES string of the molecule is O=C(NCC(NS(=O)(=O)c1ccccc1)C(=O)O)c1cn(CCc2ccccc2)c2c(F)c(CNC3NC=CCN3)c(F)cc2c1=O. The van der Waals surface area contributed by atoms with Gasteiger partial charge in [-0.05, 0) is 36.4 Å². The van der Waals surface area contributed by atoms with Gasteiger partial charge in [-0.1, -0.05) is 54.6 Å². The summed E-state index contributed by atoms with van der Waals surface area (Å²) in [5, 5.41) is 20.5. The lowest BCUT2D eigenvalue weighted by atomic mass is 10.0. The monoisotopic (exact) mass is 666 g/mol. The lowest BCUT2D eigenvalue weighted by Gasteiger charge is -2.23. The number of fused-ring (bicyclic) bond motifs is 1. The Morgan fingerprint density at radius 3 is 2.43 bits per heavy atom. The predicted octanol–water partition coefficient (Wildman–Crippen LogP) is 1.76. The third kappa shape index (κ3) is 7.89. The molecule has 4 aromatic rings. The first-order chi connectivity index (χ1) is 22.5. The quantitative estimate of drug-likeness (QED) is 0.125. The van der Waals surface area contributed by atoms with Gasteiger partial charge >= 0.3 is 5.97 Å². The van der Waals surface area contributed by atoms with Crippen LogP contribution in [0, 0.1) is 11.6 Å². The molecule has 0 saturated heterocycles. The highest BCUT2D eigenvalue weighted by molar-refractivity contribution is 7.89. The van der Waals surface area contributed by atoms with Crippen LogP contribution in [0.1, 0.15) is 21.5 Å². The van der Waals surface area contributed by atoms with Crippen molar-refractivity contribution in [3.8, 4) is 0 Å². The number of nitrogens with one attached hydrogen (secondary N) is 5. The van der Waals surface area contributed by atoms with E-state index in [1.807, 2.05) is 41.1 Å². The van der Waals surface area contributed by atoms with Crippen LogP contribution < -0.4 is 31.4 Å². The molecule has 15 heteroatoms. The van der Waals surface area contributed by atoms with Crippen LogP contribution in [-0.2, 0) is 34.3 Å². The van der Waals surface area contributed by atoms with Crippen molar-refractivity contribution in [2.75, 3.05) is 13.1 Å². The van der Waals surface area contributed by atoms with Gasteiger partial charge in [0.15, 0.2) is 5.82 Å². The minimum absolute atomic E-state index is 0.0989. The Bertz CT molecular complexity index is 1970. The third-order valence-electron chi connectivity index (χ3n) is 7.50. The number of hydrogen-bond acceptors (Lipinski definition) is 8. The molecule has 3 aromatic carbocycles. The molecule has 5 rings (SSSR count). The van der Waals surface area contributed by atoms with Gasteiger partial charge in [0.05, 0.1) is 15.8 Å². The Morgan fingerprint density at radius 2 is 1.77 bits per heavy atom. The van der Waals surface area contributed by atoms with Crippen molar-refractivity contribution in [1.82, 2.24) is 30.6 Å². The molecule has 0 bridgehead atoms. The number of amides is 1. The Morgan fingerprint density at radius 1 is 1.06 bits per heavy atom. The van der Waals surface area contributed by atoms with Crippen molar-refractivity contribution in [3.63, 3.8) is 0 Å². The number of carbonyl (C=O) groups is 2. The minimum atomic E-state index is -4.27. The number of aromatic nitrogens is 1. The number of nitrogens with zero attached hydrogens (tertiary/aromatic N) is 1. The molecule has 47 heavy (non-hydrogen) atoms. The topological polar surface area (TPSA) is 171 Å². The number of benzene rings is 3. The van der Waals surface area contributed by atoms with Crippen molar-refractivity contribution < 1.29 is 31.9 Å². The molecule has 0 aliphatic carbocycles. The second-order valence-corrected chi connectivity index (χ2v) is 12.4. The molecule has 0 spiro atoms. The standard InChI is InChI=1S/C32H32F2N6O6S/c33-25-16-22-28(27(34)23(25)17-38-32-35-13-7-14-36-32)40(15-12-20-8-3-1-4-9-20)19-24(29(22)41)30(42)37-18-26(31(43)44)39-47(45,46)21-10-5-2-6-11-21/h1-11,13,16,19,26,32,35-36,38-39H,12,14-15,17-18H2,(H,37,42)(H,43,44). The fourth-order valence-corrected chi connectivity index (χ4v) is 6.26. The molecule has 1 aliphatic rings. The van der Waals surface area contributed by atoms with Crippen molar-refractivity contribution in [2.24, 2.45) is 0 Å². The highest BCUT2D eigenvalue weighted by atomic mass is 32.2. The average Bonchev–Trinajstić information content (AvgIpc) is 3.07. The van der Waals surface area contributed by atoms with E-state index < -0.39 is 63.4 Å². The van der Waals surface area contributed by atoms with E-state index in [4.69, 9.17) is 0 Å². The summed E-state index contributed by atoms with van der Waals surface area (Å²) in [6.45, 7) is -0.310. The molecule has 2 atom stereocenters. The van der Waals surface area contributed by atoms with Crippen molar-refractivity contribution in [1.29, 1.82) is 0 Å². The van der Waals surface area contributed by atoms with E-state index in [-0.39, 0.29) is 34.5 Å². The zero-order valence-corrected chi connectivity index (χ0v) is 25.7. The zero-order chi connectivity index (χ0) is 33.6. The van der Waals surface area contributed by atoms with Gasteiger partial charge in [-0.3, -0.25) is 25.0 Å². The summed E-state index contributed by atoms with van der Waals surface area (Å²) in [6.07, 6.45) is 4.59. The van der Waals surface area contributed by atoms with Crippen LogP contribution in [0.4, 0.5) is 8.78 Å². The highest BCUT2D eigenvalue weighted by Gasteiger charge is 2.28. The molecule has 6 N–H and O–H groups in total. The maximum Gasteiger partial charge on any atom is 0.323 e. The summed E-state index contributed by atoms with van der Waals surface area (Å²) in [6, 6.07) is 15.3. The Balaban J connectivity index is 1.46. The number of hydrogen-bond donors (Lipinski definition) is 6. The molecule has 2 heterocycles. The summed E-state index contributed by atoms with van der Waals surface area (Å²) in [5.41, 5.74) is -1.12. The molecule has 1 aliphatic heterocycles. The maximum absolute atomic E-state index is 16.1. The number of aryl methyl sites for hydroxylation is 2. The van der Waals surface area contributed by atoms with E-state index in [1.165, 1.54) is 28.8 Å². The molecule has 246 valence electrons. The number of pyridine rings is 1. The summed E-state index contributed by atoms with van der Waals surface area (Å²) in [7, 11) is -4.27. The van der Waals surface area contributed by atoms with Crippen LogP contribution >= 0.6 is 0 Å². The van der Waals surface area contributed by atoms with E-state index in [9.17, 15) is 27.9 Å². The van der Waals surface area contributed by atoms with Crippen LogP contribution in [0.15, 0.2) is 94.9 Å². The molecule has 1 aromatic heterocycles. The number of rotatable bonds is 13. The number of carboxylic acid groups (broad SMARTS) is 1. The summed E-state index contributed by atoms with van der Waals surface area (Å²) >= 11 is 0. The van der Waals surface area contributed by atoms with Gasteiger partial charge in [-0.15, -0.1) is 0 Å². The molecular weight excluding hydrogens is 634 g/mol. The average molecular weight is 667 g/mol. The van der Waals surface area contributed by atoms with E-state index in [1.54, 1.807) is 12.3 Å². The van der Waals surface area contributed by atoms with Crippen LogP contribution in [0.25, 0.3) is 10.9 Å². The van der Waals surface area contributed by atoms with Gasteiger partial charge in [-0.25, -0.2) is 17.2 Å². The van der Waals surface area contributed by atoms with E-state index >= 15 is 8.78 Å². The smallest absolute Gasteiger partial charge is 0.323 e. The van der Waals surface area contributed by atoms with E-state index in [2.05, 4.69) is 21.3 Å². The minimum Gasteiger partial charge on any atom is -0.480 e. The van der Waals surface area contributed by atoms with Gasteiger partial charge in [0, 0.05) is 37.9 Å². The van der Waals surface area contributed by atoms with Crippen LogP contribution in [0.3, 0.4) is 0 Å². The van der Waals surface area contributed by atoms with Gasteiger partial charge in [0.1, 0.15) is 23.7 Å². The molecule has 0 fully saturated rings. The highest BCUT2D eigenvalue weighted by Crippen LogP contribution is 2.24. The summed E-state index contributed by atoms with van der Waals surface area (Å²) in [4.78, 5) is 38.5. The lowest BCUT2D eigenvalue weighted by Crippen LogP contribution is -2.52. The fourth-order valence-electron chi connectivity index (χ4n) is 5.05. The largest absolute Gasteiger partial charge is 0.480 e. The molecule has 2 unspecified atom stereocenters. The van der Waals surface area contributed by atoms with E-state index in [0.717, 1.165) is 17.8 Å². The van der Waals surface area contributed by atoms with Gasteiger partial charge in [-0.2, -0.15) is 4.72 Å². The lowest BCUT2D eigenvalue weighted by molar-refractivity contribution is -0.138. The maximum atomic E-state index is 16.1. The fraction of sp³-hybridized carbons (Fsp3) is 0.219. The molecule has 0 radical (unpaired) electrons. The van der Waals surface area contributed by atoms with Crippen molar-refractivity contribution in [3.05, 3.63) is 124 Å². The zero-order valence-electron chi connectivity index (χ0n) is 24.9. The second-order valence-electron chi connectivity index (χ2n) is 10.7. The first-order valence-electron chi connectivity index (χ1n) is 14.6. The van der Waals surface area contributed by atoms with E-state index in [0.29, 0.717) is 13.0 Å². The number of halogens is 2. The first kappa shape index (κ1) is 33.4. The Hall–Kier alpha value is -4.96. The molecular formula is C32H32F2N6O6S. The summed E-state index contributed by atoms with van der Waals surface area (Å²) in [5.74, 6) is -4.61. The molecule has 12 nitrogen and oxygen atoms in total. The normalized spacial score (nSPS) is 15.2. The number of carboxylic acids is 1. The Kier molecular flexibility index (Phi) is 10.4. The van der Waals surface area contributed by atoms with Crippen molar-refractivity contribution >= 4 is 32.8 Å².